The molecule has 2 atom stereocenters. The van der Waals surface area contributed by atoms with Gasteiger partial charge in [0.25, 0.3) is 0 Å². The third kappa shape index (κ3) is 5.75. The first-order valence-corrected chi connectivity index (χ1v) is 8.26. The maximum atomic E-state index is 6.24. The van der Waals surface area contributed by atoms with Gasteiger partial charge in [-0.05, 0) is 42.2 Å². The Balaban J connectivity index is 0.00000225. The molecule has 2 aromatic rings. The second kappa shape index (κ2) is 9.43. The van der Waals surface area contributed by atoms with Crippen LogP contribution < -0.4 is 10.5 Å². The highest BCUT2D eigenvalue weighted by atomic mass is 35.5. The number of ether oxygens (including phenoxy) is 1. The Hall–Kier alpha value is -2.06. The molecule has 4 nitrogen and oxygen atoms in total. The van der Waals surface area contributed by atoms with Gasteiger partial charge in [-0.1, -0.05) is 24.1 Å². The number of nitrogens with zero attached hydrogens (tertiary/aromatic N) is 2. The molecule has 1 aliphatic heterocycles. The van der Waals surface area contributed by atoms with Gasteiger partial charge < -0.3 is 10.5 Å². The minimum Gasteiger partial charge on any atom is -0.497 e. The number of aromatic nitrogens is 1. The van der Waals surface area contributed by atoms with Gasteiger partial charge in [0.1, 0.15) is 11.4 Å². The number of benzene rings is 1. The number of hydrogen-bond acceptors (Lipinski definition) is 4. The van der Waals surface area contributed by atoms with Crippen molar-refractivity contribution in [2.45, 2.75) is 19.0 Å². The topological polar surface area (TPSA) is 51.4 Å². The van der Waals surface area contributed by atoms with Gasteiger partial charge in [0.05, 0.1) is 7.11 Å². The fraction of sp³-hybridized carbons (Fsp3) is 0.350. The summed E-state index contributed by atoms with van der Waals surface area (Å²) in [5.74, 6) is 7.69. The molecular formula is C20H24ClN3O. The highest BCUT2D eigenvalue weighted by Gasteiger charge is 2.23. The standard InChI is InChI=1S/C20H23N3O.ClH/c1-24-20-9-6-16(7-10-20)13-23-14-17(12-18(21)15-23)5-8-19-4-2-3-11-22-19;/h2-4,6-7,9-11,17-18H,12-15,21H2,1H3;1H/t17-,18+;/m1./s1. The average Bonchev–Trinajstić information content (AvgIpc) is 2.61. The van der Waals surface area contributed by atoms with E-state index in [-0.39, 0.29) is 24.4 Å². The first kappa shape index (κ1) is 19.3. The van der Waals surface area contributed by atoms with E-state index >= 15 is 0 Å². The summed E-state index contributed by atoms with van der Waals surface area (Å²) in [6.07, 6.45) is 2.71. The summed E-state index contributed by atoms with van der Waals surface area (Å²) in [4.78, 5) is 6.64. The molecule has 1 saturated heterocycles. The van der Waals surface area contributed by atoms with E-state index in [9.17, 15) is 0 Å². The predicted molar refractivity (Wildman–Crippen MR) is 103 cm³/mol. The largest absolute Gasteiger partial charge is 0.497 e. The van der Waals surface area contributed by atoms with E-state index < -0.39 is 0 Å². The quantitative estimate of drug-likeness (QED) is 0.858. The average molecular weight is 358 g/mol. The lowest BCUT2D eigenvalue weighted by molar-refractivity contribution is 0.174. The van der Waals surface area contributed by atoms with E-state index in [1.807, 2.05) is 30.3 Å². The Bertz CT molecular complexity index is 709. The minimum atomic E-state index is 0. The monoisotopic (exact) mass is 357 g/mol. The Labute approximate surface area is 155 Å². The van der Waals surface area contributed by atoms with Gasteiger partial charge in [-0.3, -0.25) is 4.90 Å². The summed E-state index contributed by atoms with van der Waals surface area (Å²) in [5.41, 5.74) is 8.32. The molecule has 1 aromatic carbocycles. The number of hydrogen-bond donors (Lipinski definition) is 1. The Morgan fingerprint density at radius 3 is 2.68 bits per heavy atom. The molecule has 132 valence electrons. The van der Waals surface area contributed by atoms with Crippen LogP contribution in [-0.4, -0.2) is 36.1 Å². The van der Waals surface area contributed by atoms with Gasteiger partial charge in [0.2, 0.25) is 0 Å². The van der Waals surface area contributed by atoms with Crippen molar-refractivity contribution in [1.82, 2.24) is 9.88 Å². The van der Waals surface area contributed by atoms with E-state index in [0.29, 0.717) is 0 Å². The second-order valence-electron chi connectivity index (χ2n) is 6.22. The van der Waals surface area contributed by atoms with Crippen molar-refractivity contribution in [1.29, 1.82) is 0 Å². The molecule has 1 aromatic heterocycles. The number of rotatable bonds is 3. The molecule has 0 saturated carbocycles. The molecule has 0 bridgehead atoms. The number of piperidine rings is 1. The van der Waals surface area contributed by atoms with Crippen molar-refractivity contribution in [3.8, 4) is 17.6 Å². The first-order valence-electron chi connectivity index (χ1n) is 8.26. The molecule has 3 rings (SSSR count). The van der Waals surface area contributed by atoms with Crippen LogP contribution >= 0.6 is 12.4 Å². The summed E-state index contributed by atoms with van der Waals surface area (Å²) in [5, 5.41) is 0. The third-order valence-corrected chi connectivity index (χ3v) is 4.19. The molecule has 0 spiro atoms. The Morgan fingerprint density at radius 1 is 1.20 bits per heavy atom. The van der Waals surface area contributed by atoms with Crippen molar-refractivity contribution in [3.63, 3.8) is 0 Å². The Morgan fingerprint density at radius 2 is 2.00 bits per heavy atom. The Kier molecular flexibility index (Phi) is 7.27. The first-order chi connectivity index (χ1) is 11.7. The van der Waals surface area contributed by atoms with Crippen LogP contribution in [0.3, 0.4) is 0 Å². The van der Waals surface area contributed by atoms with Crippen molar-refractivity contribution < 1.29 is 4.74 Å². The lowest BCUT2D eigenvalue weighted by Crippen LogP contribution is -2.46. The fourth-order valence-corrected chi connectivity index (χ4v) is 3.07. The second-order valence-corrected chi connectivity index (χ2v) is 6.22. The van der Waals surface area contributed by atoms with Crippen LogP contribution in [0.1, 0.15) is 17.7 Å². The van der Waals surface area contributed by atoms with Crippen LogP contribution in [0.4, 0.5) is 0 Å². The van der Waals surface area contributed by atoms with Crippen LogP contribution in [0.5, 0.6) is 5.75 Å². The van der Waals surface area contributed by atoms with Gasteiger partial charge in [0.15, 0.2) is 0 Å². The normalized spacial score (nSPS) is 20.1. The van der Waals surface area contributed by atoms with Gasteiger partial charge >= 0.3 is 0 Å². The summed E-state index contributed by atoms with van der Waals surface area (Å²) in [6, 6.07) is 14.2. The zero-order valence-electron chi connectivity index (χ0n) is 14.4. The van der Waals surface area contributed by atoms with Gasteiger partial charge in [-0.25, -0.2) is 4.98 Å². The molecule has 2 heterocycles. The lowest BCUT2D eigenvalue weighted by Gasteiger charge is -2.34. The van der Waals surface area contributed by atoms with Gasteiger partial charge in [-0.15, -0.1) is 12.4 Å². The molecule has 0 aliphatic carbocycles. The highest BCUT2D eigenvalue weighted by molar-refractivity contribution is 5.85. The summed E-state index contributed by atoms with van der Waals surface area (Å²) < 4.78 is 5.21. The molecule has 5 heteroatoms. The van der Waals surface area contributed by atoms with Crippen molar-refractivity contribution >= 4 is 12.4 Å². The van der Waals surface area contributed by atoms with Crippen molar-refractivity contribution in [2.24, 2.45) is 11.7 Å². The van der Waals surface area contributed by atoms with Crippen LogP contribution in [0.25, 0.3) is 0 Å². The van der Waals surface area contributed by atoms with E-state index in [2.05, 4.69) is 33.9 Å². The van der Waals surface area contributed by atoms with E-state index in [1.54, 1.807) is 13.3 Å². The number of likely N-dealkylation sites (tertiary alicyclic amines) is 1. The van der Waals surface area contributed by atoms with Gasteiger partial charge in [0, 0.05) is 37.8 Å². The minimum absolute atomic E-state index is 0. The van der Waals surface area contributed by atoms with Crippen LogP contribution in [0, 0.1) is 17.8 Å². The summed E-state index contributed by atoms with van der Waals surface area (Å²) in [6.45, 7) is 2.74. The van der Waals surface area contributed by atoms with Gasteiger partial charge in [-0.2, -0.15) is 0 Å². The number of nitrogens with two attached hydrogens (primary N) is 1. The third-order valence-electron chi connectivity index (χ3n) is 4.19. The maximum absolute atomic E-state index is 6.24. The molecule has 0 radical (unpaired) electrons. The van der Waals surface area contributed by atoms with Crippen LogP contribution in [0.15, 0.2) is 48.7 Å². The van der Waals surface area contributed by atoms with E-state index in [4.69, 9.17) is 10.5 Å². The number of methoxy groups -OCH3 is 1. The molecule has 0 amide bonds. The smallest absolute Gasteiger partial charge is 0.118 e. The molecule has 25 heavy (non-hydrogen) atoms. The lowest BCUT2D eigenvalue weighted by atomic mass is 9.94. The van der Waals surface area contributed by atoms with Crippen molar-refractivity contribution in [2.75, 3.05) is 20.2 Å². The predicted octanol–water partition coefficient (Wildman–Crippen LogP) is 2.71. The maximum Gasteiger partial charge on any atom is 0.118 e. The highest BCUT2D eigenvalue weighted by Crippen LogP contribution is 2.19. The van der Waals surface area contributed by atoms with E-state index in [0.717, 1.165) is 37.5 Å². The zero-order chi connectivity index (χ0) is 16.8. The summed E-state index contributed by atoms with van der Waals surface area (Å²) >= 11 is 0. The molecule has 2 N–H and O–H groups in total. The van der Waals surface area contributed by atoms with Crippen LogP contribution in [0.2, 0.25) is 0 Å². The molecular weight excluding hydrogens is 334 g/mol. The summed E-state index contributed by atoms with van der Waals surface area (Å²) in [7, 11) is 1.68. The molecule has 1 aliphatic rings. The SMILES string of the molecule is COc1ccc(CN2C[C@@H](N)C[C@@H](C#Cc3ccccn3)C2)cc1.Cl. The van der Waals surface area contributed by atoms with E-state index in [1.165, 1.54) is 5.56 Å². The van der Waals surface area contributed by atoms with Crippen LogP contribution in [-0.2, 0) is 6.54 Å². The molecule has 1 fully saturated rings. The molecule has 0 unspecified atom stereocenters. The fourth-order valence-electron chi connectivity index (χ4n) is 3.07. The van der Waals surface area contributed by atoms with Crippen molar-refractivity contribution in [3.05, 3.63) is 59.9 Å². The number of pyridine rings is 1. The zero-order valence-corrected chi connectivity index (χ0v) is 15.2. The number of halogens is 1.